The third kappa shape index (κ3) is 4.70. The molecule has 3 heterocycles. The second-order valence-corrected chi connectivity index (χ2v) is 10.3. The van der Waals surface area contributed by atoms with Crippen LogP contribution >= 0.6 is 0 Å². The van der Waals surface area contributed by atoms with Gasteiger partial charge in [-0.05, 0) is 69.4 Å². The Morgan fingerprint density at radius 1 is 1.09 bits per heavy atom. The van der Waals surface area contributed by atoms with E-state index in [-0.39, 0.29) is 30.2 Å². The Balaban J connectivity index is 1.36. The maximum atomic E-state index is 13.3. The summed E-state index contributed by atoms with van der Waals surface area (Å²) in [6, 6.07) is 5.96. The number of nitrogens with one attached hydrogen (secondary N) is 1. The van der Waals surface area contributed by atoms with Gasteiger partial charge in [-0.3, -0.25) is 19.7 Å². The van der Waals surface area contributed by atoms with E-state index in [1.807, 2.05) is 12.1 Å². The molecule has 3 amide bonds. The molecule has 0 aromatic heterocycles. The highest BCUT2D eigenvalue weighted by Gasteiger charge is 2.41. The van der Waals surface area contributed by atoms with Crippen molar-refractivity contribution in [3.63, 3.8) is 0 Å². The molecule has 8 heteroatoms. The smallest absolute Gasteiger partial charge is 0.255 e. The van der Waals surface area contributed by atoms with E-state index < -0.39 is 6.04 Å². The first-order valence-corrected chi connectivity index (χ1v) is 12.9. The van der Waals surface area contributed by atoms with E-state index in [1.165, 1.54) is 6.42 Å². The normalized spacial score (nSPS) is 27.7. The van der Waals surface area contributed by atoms with Crippen LogP contribution in [0.2, 0.25) is 0 Å². The van der Waals surface area contributed by atoms with Gasteiger partial charge in [-0.1, -0.05) is 6.07 Å². The van der Waals surface area contributed by atoms with Gasteiger partial charge in [-0.25, -0.2) is 0 Å². The number of imide groups is 1. The van der Waals surface area contributed by atoms with Crippen LogP contribution in [0.4, 0.5) is 5.69 Å². The van der Waals surface area contributed by atoms with Gasteiger partial charge in [0.2, 0.25) is 11.8 Å². The van der Waals surface area contributed by atoms with Gasteiger partial charge in [0.15, 0.2) is 0 Å². The average molecular weight is 469 g/mol. The summed E-state index contributed by atoms with van der Waals surface area (Å²) < 4.78 is 5.52. The summed E-state index contributed by atoms with van der Waals surface area (Å²) in [4.78, 5) is 41.5. The highest BCUT2D eigenvalue weighted by atomic mass is 16.5. The minimum atomic E-state index is -0.590. The molecule has 3 atom stereocenters. The fourth-order valence-corrected chi connectivity index (χ4v) is 6.20. The Kier molecular flexibility index (Phi) is 6.88. The number of carbonyl (C=O) groups is 3. The lowest BCUT2D eigenvalue weighted by atomic mass is 9.94. The number of nitrogens with two attached hydrogens (primary N) is 1. The van der Waals surface area contributed by atoms with Crippen LogP contribution in [0.5, 0.6) is 0 Å². The molecule has 2 saturated heterocycles. The summed E-state index contributed by atoms with van der Waals surface area (Å²) in [7, 11) is 0. The van der Waals surface area contributed by atoms with Crippen molar-refractivity contribution < 1.29 is 19.1 Å². The molecule has 8 nitrogen and oxygen atoms in total. The minimum absolute atomic E-state index is 0.114. The van der Waals surface area contributed by atoms with Crippen LogP contribution in [0, 0.1) is 5.92 Å². The largest absolute Gasteiger partial charge is 0.381 e. The van der Waals surface area contributed by atoms with Crippen molar-refractivity contribution in [2.75, 3.05) is 24.7 Å². The number of benzene rings is 1. The van der Waals surface area contributed by atoms with Crippen molar-refractivity contribution in [2.24, 2.45) is 11.7 Å². The van der Waals surface area contributed by atoms with E-state index in [9.17, 15) is 14.4 Å². The molecule has 1 aromatic rings. The SMILES string of the molecule is N[C@H]1CC[C@@H](N(CCCC2CCOCC2)c2cccc3c2CN(C2CCC(=O)NC2=O)C3=O)C1. The number of piperidine rings is 1. The standard InChI is InChI=1S/C26H36N4O4/c27-18-6-7-19(15-18)29(12-2-3-17-10-13-34-14-11-17)22-5-1-4-20-21(22)16-30(26(20)33)23-8-9-24(31)28-25(23)32/h1,4-5,17-19,23H,2-3,6-16,27H2,(H,28,31,32)/t18-,19+,23?/m0/s1. The fourth-order valence-electron chi connectivity index (χ4n) is 6.20. The molecule has 0 radical (unpaired) electrons. The number of anilines is 1. The second kappa shape index (κ2) is 10.0. The molecule has 3 fully saturated rings. The van der Waals surface area contributed by atoms with Crippen molar-refractivity contribution in [3.8, 4) is 0 Å². The number of amides is 3. The zero-order valence-electron chi connectivity index (χ0n) is 19.8. The summed E-state index contributed by atoms with van der Waals surface area (Å²) in [5.41, 5.74) is 9.08. The Hall–Kier alpha value is -2.45. The number of ether oxygens (including phenoxy) is 1. The van der Waals surface area contributed by atoms with Crippen LogP contribution in [0.1, 0.15) is 73.7 Å². The summed E-state index contributed by atoms with van der Waals surface area (Å²) in [6.45, 7) is 3.09. The highest BCUT2D eigenvalue weighted by Crippen LogP contribution is 2.37. The molecule has 184 valence electrons. The van der Waals surface area contributed by atoms with Gasteiger partial charge in [0, 0.05) is 61.6 Å². The summed E-state index contributed by atoms with van der Waals surface area (Å²) in [6.07, 6.45) is 8.28. The molecular formula is C26H36N4O4. The average Bonchev–Trinajstić information content (AvgIpc) is 3.41. The third-order valence-corrected chi connectivity index (χ3v) is 8.11. The van der Waals surface area contributed by atoms with Gasteiger partial charge in [0.05, 0.1) is 0 Å². The number of nitrogens with zero attached hydrogens (tertiary/aromatic N) is 2. The summed E-state index contributed by atoms with van der Waals surface area (Å²) >= 11 is 0. The predicted molar refractivity (Wildman–Crippen MR) is 128 cm³/mol. The minimum Gasteiger partial charge on any atom is -0.381 e. The van der Waals surface area contributed by atoms with Crippen molar-refractivity contribution in [2.45, 2.75) is 82.5 Å². The zero-order chi connectivity index (χ0) is 23.7. The lowest BCUT2D eigenvalue weighted by molar-refractivity contribution is -0.136. The molecule has 5 rings (SSSR count). The lowest BCUT2D eigenvalue weighted by Gasteiger charge is -2.34. The van der Waals surface area contributed by atoms with Crippen LogP contribution in [-0.2, 0) is 20.9 Å². The van der Waals surface area contributed by atoms with Gasteiger partial charge in [0.25, 0.3) is 5.91 Å². The highest BCUT2D eigenvalue weighted by molar-refractivity contribution is 6.06. The van der Waals surface area contributed by atoms with E-state index in [2.05, 4.69) is 16.3 Å². The maximum Gasteiger partial charge on any atom is 0.255 e. The topological polar surface area (TPSA) is 105 Å². The number of hydrogen-bond donors (Lipinski definition) is 2. The van der Waals surface area contributed by atoms with Gasteiger partial charge in [0.1, 0.15) is 6.04 Å². The van der Waals surface area contributed by atoms with Gasteiger partial charge in [-0.15, -0.1) is 0 Å². The Labute approximate surface area is 201 Å². The first kappa shape index (κ1) is 23.3. The summed E-state index contributed by atoms with van der Waals surface area (Å²) in [5, 5.41) is 2.39. The maximum absolute atomic E-state index is 13.3. The Morgan fingerprint density at radius 3 is 2.65 bits per heavy atom. The Bertz CT molecular complexity index is 945. The quantitative estimate of drug-likeness (QED) is 0.595. The van der Waals surface area contributed by atoms with Gasteiger partial charge >= 0.3 is 0 Å². The van der Waals surface area contributed by atoms with Crippen molar-refractivity contribution in [1.29, 1.82) is 0 Å². The number of hydrogen-bond acceptors (Lipinski definition) is 6. The molecule has 1 aromatic carbocycles. The molecule has 4 aliphatic rings. The van der Waals surface area contributed by atoms with Crippen LogP contribution in [-0.4, -0.2) is 60.5 Å². The van der Waals surface area contributed by atoms with Crippen molar-refractivity contribution in [1.82, 2.24) is 10.2 Å². The third-order valence-electron chi connectivity index (χ3n) is 8.11. The van der Waals surface area contributed by atoms with Gasteiger partial charge < -0.3 is 20.3 Å². The number of rotatable bonds is 7. The van der Waals surface area contributed by atoms with Gasteiger partial charge in [-0.2, -0.15) is 0 Å². The summed E-state index contributed by atoms with van der Waals surface area (Å²) in [5.74, 6) is -0.0161. The van der Waals surface area contributed by atoms with Crippen molar-refractivity contribution in [3.05, 3.63) is 29.3 Å². The van der Waals surface area contributed by atoms with E-state index in [0.29, 0.717) is 24.6 Å². The van der Waals surface area contributed by atoms with Crippen LogP contribution in [0.25, 0.3) is 0 Å². The van der Waals surface area contributed by atoms with E-state index in [0.717, 1.165) is 75.5 Å². The molecule has 1 unspecified atom stereocenters. The molecule has 3 aliphatic heterocycles. The first-order valence-electron chi connectivity index (χ1n) is 12.9. The molecule has 34 heavy (non-hydrogen) atoms. The number of carbonyl (C=O) groups excluding carboxylic acids is 3. The molecule has 1 aliphatic carbocycles. The monoisotopic (exact) mass is 468 g/mol. The molecule has 3 N–H and O–H groups in total. The fraction of sp³-hybridized carbons (Fsp3) is 0.654. The van der Waals surface area contributed by atoms with E-state index in [4.69, 9.17) is 10.5 Å². The first-order chi connectivity index (χ1) is 16.5. The second-order valence-electron chi connectivity index (χ2n) is 10.3. The molecular weight excluding hydrogens is 432 g/mol. The van der Waals surface area contributed by atoms with Crippen molar-refractivity contribution >= 4 is 23.4 Å². The molecule has 0 spiro atoms. The van der Waals surface area contributed by atoms with Crippen LogP contribution < -0.4 is 16.0 Å². The molecule has 0 bridgehead atoms. The van der Waals surface area contributed by atoms with Crippen LogP contribution in [0.15, 0.2) is 18.2 Å². The zero-order valence-corrected chi connectivity index (χ0v) is 19.8. The number of fused-ring (bicyclic) bond motifs is 1. The van der Waals surface area contributed by atoms with E-state index >= 15 is 0 Å². The van der Waals surface area contributed by atoms with E-state index in [1.54, 1.807) is 4.90 Å². The molecule has 1 saturated carbocycles. The lowest BCUT2D eigenvalue weighted by Crippen LogP contribution is -2.52. The van der Waals surface area contributed by atoms with Crippen LogP contribution in [0.3, 0.4) is 0 Å². The predicted octanol–water partition coefficient (Wildman–Crippen LogP) is 2.34. The Morgan fingerprint density at radius 2 is 1.91 bits per heavy atom.